The summed E-state index contributed by atoms with van der Waals surface area (Å²) in [4.78, 5) is 17.8. The van der Waals surface area contributed by atoms with Crippen LogP contribution in [0, 0.1) is 6.92 Å². The number of hydrogen-bond acceptors (Lipinski definition) is 13. The van der Waals surface area contributed by atoms with Crippen LogP contribution in [0.25, 0.3) is 0 Å². The van der Waals surface area contributed by atoms with E-state index in [4.69, 9.17) is 22.2 Å². The third kappa shape index (κ3) is 7.61. The van der Waals surface area contributed by atoms with E-state index in [9.17, 15) is 18.6 Å². The zero-order valence-corrected chi connectivity index (χ0v) is 27.5. The summed E-state index contributed by atoms with van der Waals surface area (Å²) in [6.07, 6.45) is 0.517. The summed E-state index contributed by atoms with van der Waals surface area (Å²) in [5.41, 5.74) is 20.9. The first kappa shape index (κ1) is 33.4. The molecular formula is C33H42N10O4S. The highest BCUT2D eigenvalue weighted by Gasteiger charge is 2.30. The largest absolute Gasteiger partial charge is 0.506 e. The van der Waals surface area contributed by atoms with Crippen LogP contribution >= 0.6 is 0 Å². The molecule has 14 nitrogen and oxygen atoms in total. The van der Waals surface area contributed by atoms with Gasteiger partial charge in [0.15, 0.2) is 0 Å². The molecule has 2 saturated heterocycles. The van der Waals surface area contributed by atoms with Crippen LogP contribution in [-0.2, 0) is 16.6 Å². The monoisotopic (exact) mass is 674 g/mol. The number of nitrogens with two attached hydrogens (primary N) is 3. The van der Waals surface area contributed by atoms with Crippen molar-refractivity contribution in [2.45, 2.75) is 55.4 Å². The first-order chi connectivity index (χ1) is 22.9. The molecule has 2 fully saturated rings. The standard InChI is InChI=1S/C33H42N10O4S/c1-21-7-10-28(11-8-21)48(46,47)43(16-22-5-3-2-4-6-22)29-12-9-26(15-30(29)45)37-31-38-32(41-17-23(34)13-24(35)18-41)40-33(39-31)42-19-25(36)14-27(44)20-42/h2-12,15,23-25,27,44-45H,13-14,16-20,34-36H2,1H3,(H,37,38,39,40)/t23-,24+,25-,27+/m0/s1. The predicted octanol–water partition coefficient (Wildman–Crippen LogP) is 1.79. The molecule has 0 unspecified atom stereocenters. The number of phenols is 1. The highest BCUT2D eigenvalue weighted by molar-refractivity contribution is 7.92. The quantitative estimate of drug-likeness (QED) is 0.150. The first-order valence-electron chi connectivity index (χ1n) is 15.9. The second kappa shape index (κ2) is 13.9. The lowest BCUT2D eigenvalue weighted by molar-refractivity contribution is 0.144. The number of phenolic OH excluding ortho intramolecular Hbond substituents is 1. The van der Waals surface area contributed by atoms with E-state index >= 15 is 0 Å². The Morgan fingerprint density at radius 3 is 2.04 bits per heavy atom. The third-order valence-electron chi connectivity index (χ3n) is 8.43. The molecule has 0 amide bonds. The summed E-state index contributed by atoms with van der Waals surface area (Å²) in [6, 6.07) is 19.8. The lowest BCUT2D eigenvalue weighted by Crippen LogP contribution is -2.53. The summed E-state index contributed by atoms with van der Waals surface area (Å²) in [7, 11) is -4.06. The van der Waals surface area contributed by atoms with E-state index in [-0.39, 0.29) is 47.0 Å². The van der Waals surface area contributed by atoms with Gasteiger partial charge in [-0.1, -0.05) is 48.0 Å². The molecule has 3 aromatic carbocycles. The van der Waals surface area contributed by atoms with Crippen LogP contribution in [0.3, 0.4) is 0 Å². The van der Waals surface area contributed by atoms with Crippen molar-refractivity contribution in [3.63, 3.8) is 0 Å². The molecule has 0 bridgehead atoms. The van der Waals surface area contributed by atoms with Crippen molar-refractivity contribution in [1.29, 1.82) is 0 Å². The molecule has 4 atom stereocenters. The van der Waals surface area contributed by atoms with Gasteiger partial charge in [-0.2, -0.15) is 15.0 Å². The topological polar surface area (TPSA) is 213 Å². The van der Waals surface area contributed by atoms with Gasteiger partial charge in [-0.05, 0) is 49.6 Å². The second-order valence-electron chi connectivity index (χ2n) is 12.6. The van der Waals surface area contributed by atoms with E-state index < -0.39 is 16.1 Å². The fourth-order valence-electron chi connectivity index (χ4n) is 6.14. The van der Waals surface area contributed by atoms with Crippen LogP contribution in [0.1, 0.15) is 24.0 Å². The van der Waals surface area contributed by atoms with Crippen LogP contribution < -0.4 is 36.6 Å². The maximum absolute atomic E-state index is 14.0. The summed E-state index contributed by atoms with van der Waals surface area (Å²) in [6.45, 7) is 3.64. The van der Waals surface area contributed by atoms with Crippen LogP contribution in [0.2, 0.25) is 0 Å². The molecule has 254 valence electrons. The molecule has 3 heterocycles. The number of piperidine rings is 2. The maximum atomic E-state index is 14.0. The Balaban J connectivity index is 1.34. The van der Waals surface area contributed by atoms with Crippen molar-refractivity contribution in [3.8, 4) is 5.75 Å². The third-order valence-corrected chi connectivity index (χ3v) is 10.2. The Morgan fingerprint density at radius 1 is 0.833 bits per heavy atom. The Hall–Kier alpha value is -4.54. The number of nitrogens with zero attached hydrogens (tertiary/aromatic N) is 6. The molecule has 9 N–H and O–H groups in total. The minimum Gasteiger partial charge on any atom is -0.506 e. The number of nitrogens with one attached hydrogen (secondary N) is 1. The van der Waals surface area contributed by atoms with E-state index in [0.717, 1.165) is 11.1 Å². The van der Waals surface area contributed by atoms with E-state index in [1.54, 1.807) is 30.3 Å². The van der Waals surface area contributed by atoms with Crippen LogP contribution in [0.15, 0.2) is 77.7 Å². The number of aliphatic hydroxyl groups excluding tert-OH is 1. The molecular weight excluding hydrogens is 632 g/mol. The van der Waals surface area contributed by atoms with Crippen molar-refractivity contribution in [3.05, 3.63) is 83.9 Å². The number of aromatic nitrogens is 3. The van der Waals surface area contributed by atoms with Gasteiger partial charge in [0.25, 0.3) is 10.0 Å². The summed E-state index contributed by atoms with van der Waals surface area (Å²) >= 11 is 0. The number of sulfonamides is 1. The predicted molar refractivity (Wildman–Crippen MR) is 186 cm³/mol. The van der Waals surface area contributed by atoms with Crippen molar-refractivity contribution >= 4 is 39.2 Å². The summed E-state index contributed by atoms with van der Waals surface area (Å²) in [5.74, 6) is 0.598. The fourth-order valence-corrected chi connectivity index (χ4v) is 7.60. The first-order valence-corrected chi connectivity index (χ1v) is 17.3. The minimum absolute atomic E-state index is 0.00149. The molecule has 1 aromatic heterocycles. The average Bonchev–Trinajstić information content (AvgIpc) is 3.04. The van der Waals surface area contributed by atoms with Gasteiger partial charge in [0, 0.05) is 56.1 Å². The zero-order chi connectivity index (χ0) is 34.0. The molecule has 2 aliphatic rings. The smallest absolute Gasteiger partial charge is 0.264 e. The lowest BCUT2D eigenvalue weighted by Gasteiger charge is -2.36. The normalized spacial score (nSPS) is 21.6. The van der Waals surface area contributed by atoms with E-state index in [1.165, 1.54) is 16.4 Å². The molecule has 15 heteroatoms. The van der Waals surface area contributed by atoms with Crippen LogP contribution in [0.5, 0.6) is 5.75 Å². The van der Waals surface area contributed by atoms with Gasteiger partial charge >= 0.3 is 0 Å². The van der Waals surface area contributed by atoms with E-state index in [0.29, 0.717) is 56.6 Å². The number of aryl methyl sites for hydroxylation is 1. The van der Waals surface area contributed by atoms with Crippen LogP contribution in [-0.4, -0.2) is 84.0 Å². The van der Waals surface area contributed by atoms with Gasteiger partial charge in [-0.15, -0.1) is 0 Å². The number of aromatic hydroxyl groups is 1. The average molecular weight is 675 g/mol. The number of hydrogen-bond donors (Lipinski definition) is 6. The molecule has 48 heavy (non-hydrogen) atoms. The van der Waals surface area contributed by atoms with Gasteiger partial charge in [0.05, 0.1) is 23.2 Å². The molecule has 0 radical (unpaired) electrons. The highest BCUT2D eigenvalue weighted by Crippen LogP contribution is 2.36. The molecule has 0 saturated carbocycles. The fraction of sp³-hybridized carbons (Fsp3) is 0.364. The summed E-state index contributed by atoms with van der Waals surface area (Å²) in [5, 5.41) is 24.9. The zero-order valence-electron chi connectivity index (χ0n) is 26.7. The van der Waals surface area contributed by atoms with E-state index in [2.05, 4.69) is 15.3 Å². The highest BCUT2D eigenvalue weighted by atomic mass is 32.2. The van der Waals surface area contributed by atoms with Gasteiger partial charge in [0.1, 0.15) is 5.75 Å². The molecule has 2 aliphatic heterocycles. The Morgan fingerprint density at radius 2 is 1.44 bits per heavy atom. The van der Waals surface area contributed by atoms with Gasteiger partial charge in [-0.25, -0.2) is 8.42 Å². The van der Waals surface area contributed by atoms with Crippen LogP contribution in [0.4, 0.5) is 29.2 Å². The Kier molecular flexibility index (Phi) is 9.66. The number of β-amino-alcohol motifs (C(OH)–C–C–N with tert-alkyl or cyclic N) is 1. The Bertz CT molecular complexity index is 1770. The lowest BCUT2D eigenvalue weighted by atomic mass is 10.0. The van der Waals surface area contributed by atoms with Crippen molar-refractivity contribution in [1.82, 2.24) is 15.0 Å². The summed E-state index contributed by atoms with van der Waals surface area (Å²) < 4.78 is 29.1. The molecule has 6 rings (SSSR count). The number of rotatable bonds is 9. The van der Waals surface area contributed by atoms with E-state index in [1.807, 2.05) is 47.1 Å². The number of benzene rings is 3. The van der Waals surface area contributed by atoms with Gasteiger partial charge in [0.2, 0.25) is 17.8 Å². The van der Waals surface area contributed by atoms with Crippen molar-refractivity contribution < 1.29 is 18.6 Å². The SMILES string of the molecule is Cc1ccc(S(=O)(=O)N(Cc2ccccc2)c2ccc(Nc3nc(N4C[C@H](N)C[C@H](N)C4)nc(N4C[C@@H](N)C[C@@H](O)C4)n3)cc2O)cc1. The number of anilines is 5. The maximum Gasteiger partial charge on any atom is 0.264 e. The van der Waals surface area contributed by atoms with Crippen molar-refractivity contribution in [2.24, 2.45) is 17.2 Å². The Labute approximate surface area is 280 Å². The van der Waals surface area contributed by atoms with Crippen molar-refractivity contribution in [2.75, 3.05) is 45.6 Å². The minimum atomic E-state index is -4.06. The molecule has 0 spiro atoms. The number of aliphatic hydroxyl groups is 1. The molecule has 0 aliphatic carbocycles. The van der Waals surface area contributed by atoms with Gasteiger partial charge in [-0.3, -0.25) is 4.31 Å². The second-order valence-corrected chi connectivity index (χ2v) is 14.5. The molecule has 4 aromatic rings. The van der Waals surface area contributed by atoms with Gasteiger partial charge < -0.3 is 42.5 Å².